The van der Waals surface area contributed by atoms with Crippen LogP contribution in [0.4, 0.5) is 5.95 Å². The minimum Gasteiger partial charge on any atom is -0.493 e. The lowest BCUT2D eigenvalue weighted by Crippen LogP contribution is -2.29. The van der Waals surface area contributed by atoms with E-state index >= 15 is 0 Å². The molecule has 0 atom stereocenters. The first-order chi connectivity index (χ1) is 13.4. The number of aromatic nitrogens is 2. The quantitative estimate of drug-likeness (QED) is 0.735. The number of aryl methyl sites for hydroxylation is 1. The van der Waals surface area contributed by atoms with Crippen molar-refractivity contribution in [3.8, 4) is 11.5 Å². The molecule has 2 heterocycles. The summed E-state index contributed by atoms with van der Waals surface area (Å²) in [5.74, 6) is 1.59. The van der Waals surface area contributed by atoms with Crippen LogP contribution in [0.5, 0.6) is 11.5 Å². The number of carbonyl (C=O) groups is 1. The van der Waals surface area contributed by atoms with Crippen LogP contribution in [0.1, 0.15) is 34.5 Å². The third-order valence-corrected chi connectivity index (χ3v) is 5.20. The van der Waals surface area contributed by atoms with Gasteiger partial charge < -0.3 is 19.3 Å². The van der Waals surface area contributed by atoms with Gasteiger partial charge in [0.15, 0.2) is 17.2 Å². The van der Waals surface area contributed by atoms with Crippen molar-refractivity contribution in [2.24, 2.45) is 0 Å². The number of hydrogen-bond donors (Lipinski definition) is 0. The molecule has 0 saturated carbocycles. The summed E-state index contributed by atoms with van der Waals surface area (Å²) in [4.78, 5) is 25.4. The molecule has 1 aliphatic rings. The Hall–Kier alpha value is -2.54. The molecule has 0 spiro atoms. The van der Waals surface area contributed by atoms with Crippen LogP contribution < -0.4 is 14.4 Å². The van der Waals surface area contributed by atoms with Gasteiger partial charge in [0.05, 0.1) is 25.4 Å². The number of benzene rings is 1. The molecule has 1 aliphatic heterocycles. The molecular weight excluding hydrogens is 380 g/mol. The number of hydrogen-bond acceptors (Lipinski definition) is 6. The molecule has 0 N–H and O–H groups in total. The van der Waals surface area contributed by atoms with Gasteiger partial charge in [-0.05, 0) is 43.0 Å². The minimum absolute atomic E-state index is 0.221. The summed E-state index contributed by atoms with van der Waals surface area (Å²) >= 11 is 6.24. The fraction of sp³-hybridized carbons (Fsp3) is 0.450. The highest BCUT2D eigenvalue weighted by molar-refractivity contribution is 6.33. The third kappa shape index (κ3) is 4.14. The zero-order chi connectivity index (χ0) is 20.3. The molecule has 0 bridgehead atoms. The molecule has 1 fully saturated rings. The average molecular weight is 405 g/mol. The lowest BCUT2D eigenvalue weighted by molar-refractivity contribution is 0.0779. The molecule has 150 valence electrons. The molecule has 7 nitrogen and oxygen atoms in total. The number of carbonyl (C=O) groups excluding carboxylic acids is 1. The van der Waals surface area contributed by atoms with E-state index in [1.54, 1.807) is 26.2 Å². The number of ether oxygens (including phenoxy) is 2. The van der Waals surface area contributed by atoms with Gasteiger partial charge in [-0.15, -0.1) is 0 Å². The Morgan fingerprint density at radius 2 is 1.86 bits per heavy atom. The van der Waals surface area contributed by atoms with Crippen LogP contribution in [0.25, 0.3) is 0 Å². The lowest BCUT2D eigenvalue weighted by Gasteiger charge is -2.21. The van der Waals surface area contributed by atoms with Crippen LogP contribution in [0, 0.1) is 6.92 Å². The van der Waals surface area contributed by atoms with Gasteiger partial charge >= 0.3 is 0 Å². The molecular formula is C20H25ClN4O3. The Kier molecular flexibility index (Phi) is 6.24. The van der Waals surface area contributed by atoms with Gasteiger partial charge in [0.25, 0.3) is 5.91 Å². The molecule has 1 saturated heterocycles. The maximum atomic E-state index is 13.0. The third-order valence-electron chi connectivity index (χ3n) is 4.92. The van der Waals surface area contributed by atoms with E-state index in [2.05, 4.69) is 14.9 Å². The molecule has 1 amide bonds. The number of anilines is 1. The molecule has 1 aromatic heterocycles. The van der Waals surface area contributed by atoms with E-state index in [0.29, 0.717) is 24.0 Å². The molecule has 0 aliphatic carbocycles. The predicted octanol–water partition coefficient (Wildman–Crippen LogP) is 3.33. The molecule has 2 aromatic rings. The van der Waals surface area contributed by atoms with Crippen LogP contribution in [-0.4, -0.2) is 55.1 Å². The second-order valence-electron chi connectivity index (χ2n) is 6.86. The van der Waals surface area contributed by atoms with Gasteiger partial charge in [0, 0.05) is 26.7 Å². The van der Waals surface area contributed by atoms with Gasteiger partial charge in [-0.3, -0.25) is 4.79 Å². The molecule has 0 radical (unpaired) electrons. The lowest BCUT2D eigenvalue weighted by atomic mass is 10.1. The van der Waals surface area contributed by atoms with Gasteiger partial charge in [-0.25, -0.2) is 9.97 Å². The number of amides is 1. The minimum atomic E-state index is -0.248. The van der Waals surface area contributed by atoms with Crippen LogP contribution in [0.15, 0.2) is 18.3 Å². The largest absolute Gasteiger partial charge is 0.493 e. The van der Waals surface area contributed by atoms with Crippen molar-refractivity contribution in [2.75, 3.05) is 39.3 Å². The van der Waals surface area contributed by atoms with Gasteiger partial charge in [-0.1, -0.05) is 11.6 Å². The zero-order valence-corrected chi connectivity index (χ0v) is 17.4. The second-order valence-corrected chi connectivity index (χ2v) is 7.26. The highest BCUT2D eigenvalue weighted by Crippen LogP contribution is 2.31. The maximum absolute atomic E-state index is 13.0. The van der Waals surface area contributed by atoms with Crippen molar-refractivity contribution < 1.29 is 14.3 Å². The van der Waals surface area contributed by atoms with Crippen molar-refractivity contribution in [3.05, 3.63) is 40.2 Å². The summed E-state index contributed by atoms with van der Waals surface area (Å²) in [5.41, 5.74) is 2.18. The van der Waals surface area contributed by atoms with E-state index in [1.165, 1.54) is 6.20 Å². The van der Waals surface area contributed by atoms with Crippen LogP contribution >= 0.6 is 11.6 Å². The van der Waals surface area contributed by atoms with Crippen molar-refractivity contribution >= 4 is 23.5 Å². The average Bonchev–Trinajstić information content (AvgIpc) is 3.23. The maximum Gasteiger partial charge on any atom is 0.274 e. The van der Waals surface area contributed by atoms with E-state index in [9.17, 15) is 4.79 Å². The van der Waals surface area contributed by atoms with Gasteiger partial charge in [-0.2, -0.15) is 0 Å². The van der Waals surface area contributed by atoms with Gasteiger partial charge in [0.1, 0.15) is 0 Å². The standard InChI is InChI=1S/C20H25ClN4O3/c1-13-9-16(27-3)17(28-4)10-14(13)12-24(2)19(26)18-15(21)11-22-20(23-18)25-7-5-6-8-25/h9-11H,5-8,12H2,1-4H3. The Morgan fingerprint density at radius 1 is 1.21 bits per heavy atom. The highest BCUT2D eigenvalue weighted by Gasteiger charge is 2.22. The second kappa shape index (κ2) is 8.65. The number of rotatable bonds is 6. The van der Waals surface area contributed by atoms with Crippen LogP contribution in [0.3, 0.4) is 0 Å². The topological polar surface area (TPSA) is 67.8 Å². The highest BCUT2D eigenvalue weighted by atomic mass is 35.5. The fourth-order valence-corrected chi connectivity index (χ4v) is 3.45. The molecule has 28 heavy (non-hydrogen) atoms. The molecule has 8 heteroatoms. The molecule has 3 rings (SSSR count). The first kappa shape index (κ1) is 20.2. The summed E-state index contributed by atoms with van der Waals surface area (Å²) < 4.78 is 10.7. The summed E-state index contributed by atoms with van der Waals surface area (Å²) in [6.07, 6.45) is 3.71. The van der Waals surface area contributed by atoms with E-state index < -0.39 is 0 Å². The van der Waals surface area contributed by atoms with Crippen LogP contribution in [0.2, 0.25) is 5.02 Å². The number of nitrogens with zero attached hydrogens (tertiary/aromatic N) is 4. The summed E-state index contributed by atoms with van der Waals surface area (Å²) in [7, 11) is 4.92. The number of methoxy groups -OCH3 is 2. The molecule has 0 unspecified atom stereocenters. The summed E-state index contributed by atoms with van der Waals surface area (Å²) in [5, 5.41) is 0.254. The van der Waals surface area contributed by atoms with E-state index in [0.717, 1.165) is 37.1 Å². The van der Waals surface area contributed by atoms with E-state index in [1.807, 2.05) is 19.1 Å². The Balaban J connectivity index is 1.82. The Bertz CT molecular complexity index is 869. The summed E-state index contributed by atoms with van der Waals surface area (Å²) in [6.45, 7) is 4.16. The van der Waals surface area contributed by atoms with E-state index in [4.69, 9.17) is 21.1 Å². The monoisotopic (exact) mass is 404 g/mol. The summed E-state index contributed by atoms with van der Waals surface area (Å²) in [6, 6.07) is 3.78. The SMILES string of the molecule is COc1cc(C)c(CN(C)C(=O)c2nc(N3CCCC3)ncc2Cl)cc1OC. The Morgan fingerprint density at radius 3 is 2.50 bits per heavy atom. The predicted molar refractivity (Wildman–Crippen MR) is 109 cm³/mol. The first-order valence-corrected chi connectivity index (χ1v) is 9.56. The van der Waals surface area contributed by atoms with Crippen molar-refractivity contribution in [1.82, 2.24) is 14.9 Å². The number of halogens is 1. The normalized spacial score (nSPS) is 13.5. The smallest absolute Gasteiger partial charge is 0.274 e. The van der Waals surface area contributed by atoms with Gasteiger partial charge in [0.2, 0.25) is 5.95 Å². The van der Waals surface area contributed by atoms with Crippen molar-refractivity contribution in [1.29, 1.82) is 0 Å². The van der Waals surface area contributed by atoms with E-state index in [-0.39, 0.29) is 16.6 Å². The zero-order valence-electron chi connectivity index (χ0n) is 16.7. The van der Waals surface area contributed by atoms with Crippen LogP contribution in [-0.2, 0) is 6.54 Å². The molecule has 1 aromatic carbocycles. The van der Waals surface area contributed by atoms with Crippen molar-refractivity contribution in [3.63, 3.8) is 0 Å². The fourth-order valence-electron chi connectivity index (χ4n) is 3.28. The first-order valence-electron chi connectivity index (χ1n) is 9.19. The van der Waals surface area contributed by atoms with Crippen molar-refractivity contribution in [2.45, 2.75) is 26.3 Å². The Labute approximate surface area is 170 Å².